The molecule has 0 radical (unpaired) electrons. The van der Waals surface area contributed by atoms with E-state index in [4.69, 9.17) is 5.73 Å². The van der Waals surface area contributed by atoms with Gasteiger partial charge in [-0.15, -0.1) is 11.8 Å². The molecule has 0 spiro atoms. The van der Waals surface area contributed by atoms with E-state index in [1.54, 1.807) is 36.4 Å². The molecule has 4 rings (SSSR count). The zero-order valence-corrected chi connectivity index (χ0v) is 25.5. The molecular weight excluding hydrogens is 586 g/mol. The van der Waals surface area contributed by atoms with Crippen molar-refractivity contribution in [1.29, 1.82) is 0 Å². The van der Waals surface area contributed by atoms with E-state index in [9.17, 15) is 34.2 Å². The van der Waals surface area contributed by atoms with Crippen molar-refractivity contribution in [1.82, 2.24) is 20.9 Å². The summed E-state index contributed by atoms with van der Waals surface area (Å²) in [4.78, 5) is 66.4. The summed E-state index contributed by atoms with van der Waals surface area (Å²) in [6.45, 7) is 3.71. The first kappa shape index (κ1) is 32.8. The molecule has 0 bridgehead atoms. The molecule has 0 aromatic heterocycles. The fourth-order valence-corrected chi connectivity index (χ4v) is 6.85. The molecule has 13 heteroatoms. The second kappa shape index (κ2) is 14.6. The minimum absolute atomic E-state index is 0.0167. The SMILES string of the molecule is CC(C)C[C@H](NC(=O)[C@H](Cc1ccccc1)NC(=O)[C@@H]1CS[C@H]2C[C@@H](NC(=O)[C@@H](N)Cc3ccc(O)cc3)C(=O)N21)C(=O)O. The van der Waals surface area contributed by atoms with Gasteiger partial charge in [0.15, 0.2) is 0 Å². The number of hydrogen-bond donors (Lipinski definition) is 6. The molecule has 44 heavy (non-hydrogen) atoms. The minimum Gasteiger partial charge on any atom is -0.508 e. The second-order valence-electron chi connectivity index (χ2n) is 11.6. The Labute approximate surface area is 260 Å². The number of fused-ring (bicyclic) bond motifs is 1. The number of phenolic OH excluding ortho intramolecular Hbond substituents is 1. The van der Waals surface area contributed by atoms with Gasteiger partial charge in [-0.3, -0.25) is 19.2 Å². The molecule has 2 aliphatic rings. The average Bonchev–Trinajstić information content (AvgIpc) is 3.53. The fourth-order valence-electron chi connectivity index (χ4n) is 5.40. The number of nitrogens with zero attached hydrogens (tertiary/aromatic N) is 1. The molecule has 2 aromatic rings. The highest BCUT2D eigenvalue weighted by Crippen LogP contribution is 2.38. The maximum atomic E-state index is 13.6. The molecule has 2 fully saturated rings. The standard InChI is InChI=1S/C31H39N5O7S/c1-17(2)12-24(31(42)43)35-28(39)22(14-18-6-4-3-5-7-18)33-29(40)25-16-44-26-15-23(30(41)36(25)26)34-27(38)21(32)13-19-8-10-20(37)11-9-19/h3-11,17,21-26,37H,12-16,32H2,1-2H3,(H,33,40)(H,34,38)(H,35,39)(H,42,43)/t21-,22-,23+,24-,25-,26-/m0/s1. The number of nitrogens with two attached hydrogens (primary N) is 1. The number of amides is 4. The number of carboxylic acids is 1. The Hall–Kier alpha value is -4.10. The molecule has 2 saturated heterocycles. The zero-order valence-electron chi connectivity index (χ0n) is 24.6. The largest absolute Gasteiger partial charge is 0.508 e. The van der Waals surface area contributed by atoms with E-state index < -0.39 is 59.8 Å². The van der Waals surface area contributed by atoms with Gasteiger partial charge in [-0.05, 0) is 42.0 Å². The van der Waals surface area contributed by atoms with Crippen LogP contribution in [0.1, 0.15) is 37.8 Å². The Morgan fingerprint density at radius 1 is 0.955 bits per heavy atom. The van der Waals surface area contributed by atoms with Crippen molar-refractivity contribution in [3.63, 3.8) is 0 Å². The van der Waals surface area contributed by atoms with Gasteiger partial charge in [-0.2, -0.15) is 0 Å². The Balaban J connectivity index is 1.41. The number of hydrogen-bond acceptors (Lipinski definition) is 8. The molecule has 236 valence electrons. The van der Waals surface area contributed by atoms with Crippen LogP contribution in [0, 0.1) is 5.92 Å². The number of nitrogens with one attached hydrogen (secondary N) is 3. The number of benzene rings is 2. The quantitative estimate of drug-likeness (QED) is 0.187. The minimum atomic E-state index is -1.16. The smallest absolute Gasteiger partial charge is 0.326 e. The third kappa shape index (κ3) is 8.29. The molecule has 7 N–H and O–H groups in total. The summed E-state index contributed by atoms with van der Waals surface area (Å²) in [6, 6.07) is 10.5. The van der Waals surface area contributed by atoms with Crippen molar-refractivity contribution >= 4 is 41.4 Å². The Morgan fingerprint density at radius 2 is 1.61 bits per heavy atom. The summed E-state index contributed by atoms with van der Waals surface area (Å²) in [6.07, 6.45) is 0.863. The Bertz CT molecular complexity index is 1360. The summed E-state index contributed by atoms with van der Waals surface area (Å²) in [5.74, 6) is -2.80. The number of thioether (sulfide) groups is 1. The second-order valence-corrected chi connectivity index (χ2v) is 12.8. The molecule has 2 aliphatic heterocycles. The lowest BCUT2D eigenvalue weighted by atomic mass is 10.0. The first-order valence-corrected chi connectivity index (χ1v) is 15.6. The molecule has 2 heterocycles. The third-order valence-electron chi connectivity index (χ3n) is 7.67. The first-order valence-electron chi connectivity index (χ1n) is 14.6. The van der Waals surface area contributed by atoms with Gasteiger partial charge in [0.2, 0.25) is 23.6 Å². The number of phenols is 1. The molecule has 2 aromatic carbocycles. The van der Waals surface area contributed by atoms with Gasteiger partial charge < -0.3 is 36.8 Å². The van der Waals surface area contributed by atoms with E-state index in [2.05, 4.69) is 16.0 Å². The van der Waals surface area contributed by atoms with Crippen LogP contribution >= 0.6 is 11.8 Å². The lowest BCUT2D eigenvalue weighted by Gasteiger charge is -2.27. The van der Waals surface area contributed by atoms with Crippen LogP contribution in [-0.4, -0.2) is 86.0 Å². The molecule has 0 saturated carbocycles. The maximum absolute atomic E-state index is 13.6. The summed E-state index contributed by atoms with van der Waals surface area (Å²) < 4.78 is 0. The number of carboxylic acid groups (broad SMARTS) is 1. The lowest BCUT2D eigenvalue weighted by Crippen LogP contribution is -2.57. The number of aromatic hydroxyl groups is 1. The average molecular weight is 626 g/mol. The maximum Gasteiger partial charge on any atom is 0.326 e. The number of rotatable bonds is 13. The normalized spacial score (nSPS) is 21.3. The van der Waals surface area contributed by atoms with Crippen molar-refractivity contribution < 1.29 is 34.2 Å². The van der Waals surface area contributed by atoms with E-state index in [0.29, 0.717) is 12.2 Å². The molecular formula is C31H39N5O7S. The van der Waals surface area contributed by atoms with E-state index in [0.717, 1.165) is 11.1 Å². The molecule has 0 aliphatic carbocycles. The van der Waals surface area contributed by atoms with Crippen LogP contribution in [0.15, 0.2) is 54.6 Å². The molecule has 0 unspecified atom stereocenters. The van der Waals surface area contributed by atoms with Gasteiger partial charge in [0, 0.05) is 18.6 Å². The van der Waals surface area contributed by atoms with Crippen molar-refractivity contribution in [2.75, 3.05) is 5.75 Å². The molecule has 6 atom stereocenters. The zero-order chi connectivity index (χ0) is 32.0. The van der Waals surface area contributed by atoms with Gasteiger partial charge in [-0.25, -0.2) is 4.79 Å². The van der Waals surface area contributed by atoms with E-state index in [1.165, 1.54) is 28.8 Å². The van der Waals surface area contributed by atoms with Crippen molar-refractivity contribution in [3.8, 4) is 5.75 Å². The summed E-state index contributed by atoms with van der Waals surface area (Å²) in [5, 5.41) is 26.8. The van der Waals surface area contributed by atoms with Crippen LogP contribution in [0.5, 0.6) is 5.75 Å². The highest BCUT2D eigenvalue weighted by atomic mass is 32.2. The monoisotopic (exact) mass is 625 g/mol. The highest BCUT2D eigenvalue weighted by Gasteiger charge is 2.50. The van der Waals surface area contributed by atoms with Crippen LogP contribution in [0.2, 0.25) is 0 Å². The summed E-state index contributed by atoms with van der Waals surface area (Å²) in [5.41, 5.74) is 7.61. The van der Waals surface area contributed by atoms with Crippen LogP contribution in [0.3, 0.4) is 0 Å². The predicted molar refractivity (Wildman–Crippen MR) is 164 cm³/mol. The third-order valence-corrected chi connectivity index (χ3v) is 8.98. The number of carbonyl (C=O) groups is 5. The van der Waals surface area contributed by atoms with Gasteiger partial charge in [-0.1, -0.05) is 56.3 Å². The number of aliphatic carboxylic acids is 1. The summed E-state index contributed by atoms with van der Waals surface area (Å²) in [7, 11) is 0. The predicted octanol–water partition coefficient (Wildman–Crippen LogP) is 0.764. The van der Waals surface area contributed by atoms with E-state index >= 15 is 0 Å². The van der Waals surface area contributed by atoms with Crippen molar-refractivity contribution in [3.05, 3.63) is 65.7 Å². The van der Waals surface area contributed by atoms with Crippen LogP contribution < -0.4 is 21.7 Å². The Morgan fingerprint density at radius 3 is 2.25 bits per heavy atom. The van der Waals surface area contributed by atoms with Crippen LogP contribution in [-0.2, 0) is 36.8 Å². The molecule has 12 nitrogen and oxygen atoms in total. The van der Waals surface area contributed by atoms with E-state index in [1.807, 2.05) is 19.9 Å². The lowest BCUT2D eigenvalue weighted by molar-refractivity contribution is -0.143. The van der Waals surface area contributed by atoms with Gasteiger partial charge in [0.1, 0.15) is 29.9 Å². The molecule has 4 amide bonds. The van der Waals surface area contributed by atoms with Crippen LogP contribution in [0.25, 0.3) is 0 Å². The van der Waals surface area contributed by atoms with Crippen LogP contribution in [0.4, 0.5) is 0 Å². The van der Waals surface area contributed by atoms with Gasteiger partial charge in [0.25, 0.3) is 0 Å². The first-order chi connectivity index (χ1) is 20.9. The topological polar surface area (TPSA) is 191 Å². The van der Waals surface area contributed by atoms with Gasteiger partial charge >= 0.3 is 5.97 Å². The summed E-state index contributed by atoms with van der Waals surface area (Å²) >= 11 is 1.42. The number of carbonyl (C=O) groups excluding carboxylic acids is 4. The van der Waals surface area contributed by atoms with Gasteiger partial charge in [0.05, 0.1) is 11.4 Å². The highest BCUT2D eigenvalue weighted by molar-refractivity contribution is 8.00. The van der Waals surface area contributed by atoms with Crippen molar-refractivity contribution in [2.45, 2.75) is 75.1 Å². The fraction of sp³-hybridized carbons (Fsp3) is 0.452. The Kier molecular flexibility index (Phi) is 10.9. The van der Waals surface area contributed by atoms with E-state index in [-0.39, 0.29) is 36.3 Å². The van der Waals surface area contributed by atoms with Crippen molar-refractivity contribution in [2.24, 2.45) is 11.7 Å².